The van der Waals surface area contributed by atoms with Crippen LogP contribution in [0.3, 0.4) is 0 Å². The van der Waals surface area contributed by atoms with Gasteiger partial charge in [-0.15, -0.1) is 11.3 Å². The van der Waals surface area contributed by atoms with Crippen molar-refractivity contribution in [3.8, 4) is 16.6 Å². The first-order chi connectivity index (χ1) is 14.0. The van der Waals surface area contributed by atoms with Gasteiger partial charge in [-0.25, -0.2) is 9.78 Å². The monoisotopic (exact) mass is 410 g/mol. The second-order valence-corrected chi connectivity index (χ2v) is 7.28. The summed E-state index contributed by atoms with van der Waals surface area (Å²) >= 11 is 1.49. The van der Waals surface area contributed by atoms with Gasteiger partial charge in [0, 0.05) is 34.6 Å². The number of esters is 1. The molecule has 3 heterocycles. The lowest BCUT2D eigenvalue weighted by Gasteiger charge is -2.05. The third-order valence-corrected chi connectivity index (χ3v) is 5.25. The van der Waals surface area contributed by atoms with E-state index in [1.165, 1.54) is 17.4 Å². The Morgan fingerprint density at radius 1 is 1.24 bits per heavy atom. The number of hydrogen-bond acceptors (Lipinski definition) is 7. The number of aromatic nitrogens is 2. The summed E-state index contributed by atoms with van der Waals surface area (Å²) in [5.74, 6) is 0.451. The van der Waals surface area contributed by atoms with Crippen LogP contribution in [0.5, 0.6) is 11.5 Å². The molecule has 1 aromatic carbocycles. The number of nitrogens with zero attached hydrogens (tertiary/aromatic N) is 2. The maximum atomic E-state index is 12.5. The number of aryl methyl sites for hydroxylation is 1. The molecule has 8 heteroatoms. The Bertz CT molecular complexity index is 1100. The fraction of sp³-hybridized carbons (Fsp3) is 0.190. The zero-order valence-corrected chi connectivity index (χ0v) is 16.7. The van der Waals surface area contributed by atoms with Gasteiger partial charge in [-0.05, 0) is 43.7 Å². The molecule has 0 unspecified atom stereocenters. The Morgan fingerprint density at radius 2 is 2.07 bits per heavy atom. The van der Waals surface area contributed by atoms with E-state index in [0.29, 0.717) is 17.1 Å². The number of carbonyl (C=O) groups is 2. The number of fused-ring (bicyclic) bond motifs is 1. The van der Waals surface area contributed by atoms with E-state index < -0.39 is 5.97 Å². The van der Waals surface area contributed by atoms with Crippen LogP contribution in [0.4, 0.5) is 0 Å². The van der Waals surface area contributed by atoms with E-state index in [0.717, 1.165) is 22.1 Å². The predicted molar refractivity (Wildman–Crippen MR) is 108 cm³/mol. The molecule has 1 aliphatic heterocycles. The second-order valence-electron chi connectivity index (χ2n) is 6.41. The van der Waals surface area contributed by atoms with E-state index in [1.54, 1.807) is 36.5 Å². The Hall–Kier alpha value is -3.39. The molecule has 0 atom stereocenters. The molecule has 29 heavy (non-hydrogen) atoms. The van der Waals surface area contributed by atoms with Crippen molar-refractivity contribution in [3.05, 3.63) is 64.4 Å². The van der Waals surface area contributed by atoms with Gasteiger partial charge in [-0.2, -0.15) is 0 Å². The van der Waals surface area contributed by atoms with Gasteiger partial charge >= 0.3 is 5.97 Å². The second kappa shape index (κ2) is 7.92. The summed E-state index contributed by atoms with van der Waals surface area (Å²) in [5, 5.41) is 2.67. The molecular weight excluding hydrogens is 392 g/mol. The maximum Gasteiger partial charge on any atom is 0.331 e. The van der Waals surface area contributed by atoms with Crippen molar-refractivity contribution in [3.63, 3.8) is 0 Å². The van der Waals surface area contributed by atoms with Crippen molar-refractivity contribution < 1.29 is 23.8 Å². The fourth-order valence-corrected chi connectivity index (χ4v) is 3.86. The molecule has 0 N–H and O–H groups in total. The number of ether oxygens (including phenoxy) is 3. The summed E-state index contributed by atoms with van der Waals surface area (Å²) in [6, 6.07) is 7.13. The summed E-state index contributed by atoms with van der Waals surface area (Å²) in [4.78, 5) is 28.8. The zero-order valence-electron chi connectivity index (χ0n) is 15.9. The Balaban J connectivity index is 1.38. The van der Waals surface area contributed by atoms with Gasteiger partial charge in [0.15, 0.2) is 23.2 Å². The zero-order chi connectivity index (χ0) is 20.4. The van der Waals surface area contributed by atoms with Crippen molar-refractivity contribution in [1.29, 1.82) is 0 Å². The van der Waals surface area contributed by atoms with Gasteiger partial charge in [-0.1, -0.05) is 6.07 Å². The molecule has 1 aliphatic rings. The van der Waals surface area contributed by atoms with Crippen LogP contribution in [-0.2, 0) is 9.53 Å². The number of Topliss-reactive ketones (excluding diaryl/α,β-unsaturated/α-hetero) is 1. The van der Waals surface area contributed by atoms with Crippen LogP contribution in [0, 0.1) is 13.8 Å². The van der Waals surface area contributed by atoms with Crippen LogP contribution in [-0.4, -0.2) is 34.7 Å². The van der Waals surface area contributed by atoms with Crippen molar-refractivity contribution >= 4 is 29.2 Å². The molecule has 0 bridgehead atoms. The minimum Gasteiger partial charge on any atom is -0.454 e. The van der Waals surface area contributed by atoms with Crippen LogP contribution < -0.4 is 9.47 Å². The van der Waals surface area contributed by atoms with E-state index >= 15 is 0 Å². The van der Waals surface area contributed by atoms with Crippen LogP contribution in [0.2, 0.25) is 0 Å². The van der Waals surface area contributed by atoms with Gasteiger partial charge in [-0.3, -0.25) is 9.36 Å². The lowest BCUT2D eigenvalue weighted by Crippen LogP contribution is -2.13. The van der Waals surface area contributed by atoms with Gasteiger partial charge < -0.3 is 14.2 Å². The standard InChI is InChI=1S/C21H18N2O5S/c1-13-9-16(14(2)23(13)21-22-7-8-29-21)17(24)11-26-20(25)6-4-15-3-5-18-19(10-15)28-12-27-18/h3-10H,11-12H2,1-2H3. The first-order valence-electron chi connectivity index (χ1n) is 8.89. The highest BCUT2D eigenvalue weighted by Gasteiger charge is 2.19. The number of rotatable bonds is 6. The summed E-state index contributed by atoms with van der Waals surface area (Å²) in [7, 11) is 0. The normalized spacial score (nSPS) is 12.5. The lowest BCUT2D eigenvalue weighted by atomic mass is 10.1. The molecule has 0 saturated carbocycles. The van der Waals surface area contributed by atoms with Crippen LogP contribution in [0.25, 0.3) is 11.2 Å². The molecule has 0 fully saturated rings. The molecule has 7 nitrogen and oxygen atoms in total. The van der Waals surface area contributed by atoms with Crippen molar-refractivity contribution in [2.45, 2.75) is 13.8 Å². The largest absolute Gasteiger partial charge is 0.454 e. The summed E-state index contributed by atoms with van der Waals surface area (Å²) < 4.78 is 17.6. The fourth-order valence-electron chi connectivity index (χ4n) is 3.11. The van der Waals surface area contributed by atoms with Crippen molar-refractivity contribution in [2.24, 2.45) is 0 Å². The highest BCUT2D eigenvalue weighted by Crippen LogP contribution is 2.32. The number of ketones is 1. The topological polar surface area (TPSA) is 79.7 Å². The maximum absolute atomic E-state index is 12.5. The van der Waals surface area contributed by atoms with Crippen molar-refractivity contribution in [1.82, 2.24) is 9.55 Å². The quantitative estimate of drug-likeness (QED) is 0.350. The van der Waals surface area contributed by atoms with E-state index in [1.807, 2.05) is 23.8 Å². The van der Waals surface area contributed by atoms with E-state index in [-0.39, 0.29) is 19.2 Å². The SMILES string of the molecule is Cc1cc(C(=O)COC(=O)C=Cc2ccc3c(c2)OCO3)c(C)n1-c1nccs1. The molecule has 4 rings (SSSR count). The molecule has 0 radical (unpaired) electrons. The molecular formula is C21H18N2O5S. The van der Waals surface area contributed by atoms with Gasteiger partial charge in [0.2, 0.25) is 12.6 Å². The number of thiazole rings is 1. The van der Waals surface area contributed by atoms with E-state index in [4.69, 9.17) is 14.2 Å². The van der Waals surface area contributed by atoms with Gasteiger partial charge in [0.05, 0.1) is 0 Å². The first kappa shape index (κ1) is 18.9. The third kappa shape index (κ3) is 3.93. The summed E-state index contributed by atoms with van der Waals surface area (Å²) in [5.41, 5.74) is 2.96. The van der Waals surface area contributed by atoms with Crippen LogP contribution in [0.15, 0.2) is 41.9 Å². The van der Waals surface area contributed by atoms with Gasteiger partial charge in [0.25, 0.3) is 0 Å². The molecule has 0 aliphatic carbocycles. The Labute approximate surface area is 171 Å². The Kier molecular flexibility index (Phi) is 5.18. The van der Waals surface area contributed by atoms with Crippen molar-refractivity contribution in [2.75, 3.05) is 13.4 Å². The molecule has 3 aromatic rings. The molecule has 0 amide bonds. The highest BCUT2D eigenvalue weighted by atomic mass is 32.1. The van der Waals surface area contributed by atoms with Gasteiger partial charge in [0.1, 0.15) is 0 Å². The Morgan fingerprint density at radius 3 is 2.86 bits per heavy atom. The lowest BCUT2D eigenvalue weighted by molar-refractivity contribution is -0.136. The average molecular weight is 410 g/mol. The molecule has 0 spiro atoms. The van der Waals surface area contributed by atoms with E-state index in [9.17, 15) is 9.59 Å². The third-order valence-electron chi connectivity index (χ3n) is 4.50. The van der Waals surface area contributed by atoms with Crippen LogP contribution in [0.1, 0.15) is 27.3 Å². The minimum absolute atomic E-state index is 0.190. The summed E-state index contributed by atoms with van der Waals surface area (Å²) in [6.45, 7) is 3.62. The number of hydrogen-bond donors (Lipinski definition) is 0. The molecule has 0 saturated heterocycles. The summed E-state index contributed by atoms with van der Waals surface area (Å²) in [6.07, 6.45) is 4.60. The predicted octanol–water partition coefficient (Wildman–Crippen LogP) is 3.72. The first-order valence-corrected chi connectivity index (χ1v) is 9.77. The number of carbonyl (C=O) groups excluding carboxylic acids is 2. The molecule has 148 valence electrons. The number of benzene rings is 1. The van der Waals surface area contributed by atoms with E-state index in [2.05, 4.69) is 4.98 Å². The van der Waals surface area contributed by atoms with Crippen LogP contribution >= 0.6 is 11.3 Å². The molecule has 2 aromatic heterocycles. The highest BCUT2D eigenvalue weighted by molar-refractivity contribution is 7.12. The minimum atomic E-state index is -0.593. The smallest absolute Gasteiger partial charge is 0.331 e. The average Bonchev–Trinajstić information content (AvgIpc) is 3.44.